The molecule has 1 aromatic heterocycles. The number of amides is 2. The first-order valence-corrected chi connectivity index (χ1v) is 7.66. The third-order valence-electron chi connectivity index (χ3n) is 3.95. The normalized spacial score (nSPS) is 25.6. The Morgan fingerprint density at radius 2 is 2.26 bits per heavy atom. The lowest BCUT2D eigenvalue weighted by Gasteiger charge is -2.34. The molecule has 19 heavy (non-hydrogen) atoms. The Bertz CT molecular complexity index is 446. The van der Waals surface area contributed by atoms with Crippen molar-refractivity contribution in [1.29, 1.82) is 0 Å². The molecule has 1 N–H and O–H groups in total. The van der Waals surface area contributed by atoms with E-state index in [-0.39, 0.29) is 18.1 Å². The second-order valence-corrected chi connectivity index (χ2v) is 6.11. The smallest absolute Gasteiger partial charge is 0.318 e. The number of ether oxygens (including phenoxy) is 1. The van der Waals surface area contributed by atoms with Gasteiger partial charge in [-0.15, -0.1) is 11.3 Å². The van der Waals surface area contributed by atoms with Gasteiger partial charge in [0.25, 0.3) is 0 Å². The molecular formula is C13H19N3O2S. The van der Waals surface area contributed by atoms with Crippen LogP contribution in [0, 0.1) is 6.92 Å². The molecule has 2 unspecified atom stereocenters. The number of nitrogens with one attached hydrogen (secondary N) is 1. The van der Waals surface area contributed by atoms with Gasteiger partial charge >= 0.3 is 6.03 Å². The summed E-state index contributed by atoms with van der Waals surface area (Å²) in [6.45, 7) is 4.07. The van der Waals surface area contributed by atoms with Gasteiger partial charge in [0.1, 0.15) is 0 Å². The van der Waals surface area contributed by atoms with E-state index in [4.69, 9.17) is 4.74 Å². The van der Waals surface area contributed by atoms with Crippen LogP contribution in [0.3, 0.4) is 0 Å². The van der Waals surface area contributed by atoms with Crippen LogP contribution in [0.15, 0.2) is 5.51 Å². The van der Waals surface area contributed by atoms with Gasteiger partial charge in [0, 0.05) is 17.8 Å². The first-order valence-electron chi connectivity index (χ1n) is 6.78. The molecule has 0 spiro atoms. The van der Waals surface area contributed by atoms with Gasteiger partial charge in [-0.2, -0.15) is 0 Å². The van der Waals surface area contributed by atoms with Gasteiger partial charge in [-0.05, 0) is 19.8 Å². The topological polar surface area (TPSA) is 54.5 Å². The standard InChI is InChI=1S/C13H19N3O2S/c1-9-12(19-8-15-9)4-5-14-13(17)16-10-2-3-11(16)7-18-6-10/h8,10-11H,2-7H2,1H3,(H,14,17). The summed E-state index contributed by atoms with van der Waals surface area (Å²) in [6.07, 6.45) is 3.01. The van der Waals surface area contributed by atoms with Gasteiger partial charge in [-0.3, -0.25) is 0 Å². The van der Waals surface area contributed by atoms with Crippen LogP contribution in [0.2, 0.25) is 0 Å². The zero-order valence-electron chi connectivity index (χ0n) is 11.1. The maximum Gasteiger partial charge on any atom is 0.318 e. The van der Waals surface area contributed by atoms with E-state index in [0.717, 1.165) is 25.0 Å². The Labute approximate surface area is 117 Å². The average molecular weight is 281 g/mol. The highest BCUT2D eigenvalue weighted by molar-refractivity contribution is 7.09. The molecule has 2 aliphatic rings. The quantitative estimate of drug-likeness (QED) is 0.915. The summed E-state index contributed by atoms with van der Waals surface area (Å²) in [4.78, 5) is 19.7. The number of thiazole rings is 1. The zero-order valence-corrected chi connectivity index (χ0v) is 11.9. The number of hydrogen-bond acceptors (Lipinski definition) is 4. The number of hydrogen-bond donors (Lipinski definition) is 1. The van der Waals surface area contributed by atoms with E-state index >= 15 is 0 Å². The van der Waals surface area contributed by atoms with Crippen molar-refractivity contribution in [2.24, 2.45) is 0 Å². The summed E-state index contributed by atoms with van der Waals surface area (Å²) in [6, 6.07) is 0.630. The molecule has 2 fully saturated rings. The maximum absolute atomic E-state index is 12.2. The average Bonchev–Trinajstić information content (AvgIpc) is 2.91. The summed E-state index contributed by atoms with van der Waals surface area (Å²) >= 11 is 1.65. The summed E-state index contributed by atoms with van der Waals surface area (Å²) in [7, 11) is 0. The molecule has 0 saturated carbocycles. The van der Waals surface area contributed by atoms with E-state index in [1.807, 2.05) is 17.3 Å². The highest BCUT2D eigenvalue weighted by Crippen LogP contribution is 2.28. The Kier molecular flexibility index (Phi) is 3.70. The Hall–Kier alpha value is -1.14. The number of carbonyl (C=O) groups is 1. The van der Waals surface area contributed by atoms with Gasteiger partial charge in [0.15, 0.2) is 0 Å². The summed E-state index contributed by atoms with van der Waals surface area (Å²) < 4.78 is 5.49. The second kappa shape index (κ2) is 5.46. The third kappa shape index (κ3) is 2.60. The largest absolute Gasteiger partial charge is 0.377 e. The molecule has 3 heterocycles. The number of fused-ring (bicyclic) bond motifs is 2. The van der Waals surface area contributed by atoms with E-state index in [0.29, 0.717) is 19.8 Å². The monoisotopic (exact) mass is 281 g/mol. The predicted octanol–water partition coefficient (Wildman–Crippen LogP) is 1.57. The number of carbonyl (C=O) groups excluding carboxylic acids is 1. The van der Waals surface area contributed by atoms with Crippen LogP contribution in [0.4, 0.5) is 4.79 Å². The Balaban J connectivity index is 1.50. The van der Waals surface area contributed by atoms with Crippen molar-refractivity contribution in [3.8, 4) is 0 Å². The van der Waals surface area contributed by atoms with Crippen molar-refractivity contribution < 1.29 is 9.53 Å². The van der Waals surface area contributed by atoms with Crippen LogP contribution >= 0.6 is 11.3 Å². The highest BCUT2D eigenvalue weighted by atomic mass is 32.1. The zero-order chi connectivity index (χ0) is 13.2. The Morgan fingerprint density at radius 3 is 2.89 bits per heavy atom. The first kappa shape index (κ1) is 12.9. The van der Waals surface area contributed by atoms with Gasteiger partial charge in [0.2, 0.25) is 0 Å². The highest BCUT2D eigenvalue weighted by Gasteiger charge is 2.40. The van der Waals surface area contributed by atoms with E-state index < -0.39 is 0 Å². The van der Waals surface area contributed by atoms with Gasteiger partial charge in [-0.1, -0.05) is 0 Å². The molecule has 104 valence electrons. The number of rotatable bonds is 3. The van der Waals surface area contributed by atoms with Crippen LogP contribution in [0.25, 0.3) is 0 Å². The lowest BCUT2D eigenvalue weighted by atomic mass is 10.2. The minimum Gasteiger partial charge on any atom is -0.377 e. The molecule has 2 amide bonds. The van der Waals surface area contributed by atoms with Crippen molar-refractivity contribution in [3.05, 3.63) is 16.1 Å². The van der Waals surface area contributed by atoms with Crippen LogP contribution in [-0.4, -0.2) is 47.8 Å². The van der Waals surface area contributed by atoms with Crippen molar-refractivity contribution in [1.82, 2.24) is 15.2 Å². The van der Waals surface area contributed by atoms with E-state index in [1.54, 1.807) is 11.3 Å². The minimum absolute atomic E-state index is 0.0676. The van der Waals surface area contributed by atoms with Gasteiger partial charge in [-0.25, -0.2) is 9.78 Å². The van der Waals surface area contributed by atoms with Gasteiger partial charge in [0.05, 0.1) is 36.5 Å². The predicted molar refractivity (Wildman–Crippen MR) is 73.4 cm³/mol. The number of urea groups is 1. The lowest BCUT2D eigenvalue weighted by molar-refractivity contribution is 0.00645. The molecule has 2 saturated heterocycles. The fourth-order valence-corrected chi connectivity index (χ4v) is 3.68. The maximum atomic E-state index is 12.2. The summed E-state index contributed by atoms with van der Waals surface area (Å²) in [5.41, 5.74) is 2.93. The van der Waals surface area contributed by atoms with Crippen molar-refractivity contribution >= 4 is 17.4 Å². The number of aryl methyl sites for hydroxylation is 1. The molecule has 0 aliphatic carbocycles. The number of nitrogens with zero attached hydrogens (tertiary/aromatic N) is 2. The first-order chi connectivity index (χ1) is 9.25. The Morgan fingerprint density at radius 1 is 1.53 bits per heavy atom. The lowest BCUT2D eigenvalue weighted by Crippen LogP contribution is -2.53. The second-order valence-electron chi connectivity index (χ2n) is 5.17. The molecule has 0 aromatic carbocycles. The van der Waals surface area contributed by atoms with Crippen LogP contribution in [0.1, 0.15) is 23.4 Å². The van der Waals surface area contributed by atoms with Crippen molar-refractivity contribution in [2.75, 3.05) is 19.8 Å². The van der Waals surface area contributed by atoms with E-state index in [1.165, 1.54) is 4.88 Å². The third-order valence-corrected chi connectivity index (χ3v) is 4.94. The molecular weight excluding hydrogens is 262 g/mol. The molecule has 2 aliphatic heterocycles. The molecule has 2 atom stereocenters. The van der Waals surface area contributed by atoms with Gasteiger partial charge < -0.3 is 15.0 Å². The van der Waals surface area contributed by atoms with Crippen LogP contribution in [-0.2, 0) is 11.2 Å². The van der Waals surface area contributed by atoms with E-state index in [2.05, 4.69) is 10.3 Å². The summed E-state index contributed by atoms with van der Waals surface area (Å²) in [5.74, 6) is 0. The van der Waals surface area contributed by atoms with Crippen LogP contribution in [0.5, 0.6) is 0 Å². The van der Waals surface area contributed by atoms with Crippen molar-refractivity contribution in [2.45, 2.75) is 38.3 Å². The fourth-order valence-electron chi connectivity index (χ4n) is 2.90. The molecule has 2 bridgehead atoms. The van der Waals surface area contributed by atoms with E-state index in [9.17, 15) is 4.79 Å². The number of morpholine rings is 1. The number of aromatic nitrogens is 1. The molecule has 5 nitrogen and oxygen atoms in total. The molecule has 0 radical (unpaired) electrons. The molecule has 6 heteroatoms. The van der Waals surface area contributed by atoms with Crippen LogP contribution < -0.4 is 5.32 Å². The SMILES string of the molecule is Cc1ncsc1CCNC(=O)N1C2CCC1COC2. The summed E-state index contributed by atoms with van der Waals surface area (Å²) in [5, 5.41) is 3.03. The van der Waals surface area contributed by atoms with Crippen molar-refractivity contribution in [3.63, 3.8) is 0 Å². The fraction of sp³-hybridized carbons (Fsp3) is 0.692. The molecule has 1 aromatic rings. The molecule has 3 rings (SSSR count). The minimum atomic E-state index is 0.0676.